The third kappa shape index (κ3) is 4.77. The monoisotopic (exact) mass is 361 g/mol. The van der Waals surface area contributed by atoms with E-state index in [0.717, 1.165) is 57.6 Å². The number of carbonyl (C=O) groups excluding carboxylic acids is 1. The summed E-state index contributed by atoms with van der Waals surface area (Å²) in [5.74, 6) is 1.75. The number of methoxy groups -OCH3 is 2. The van der Waals surface area contributed by atoms with Gasteiger partial charge in [0, 0.05) is 26.8 Å². The molecule has 2 aliphatic rings. The van der Waals surface area contributed by atoms with Gasteiger partial charge in [-0.25, -0.2) is 0 Å². The van der Waals surface area contributed by atoms with E-state index < -0.39 is 0 Å². The van der Waals surface area contributed by atoms with Crippen LogP contribution in [0.15, 0.2) is 24.3 Å². The predicted octanol–water partition coefficient (Wildman–Crippen LogP) is 3.06. The zero-order valence-electron chi connectivity index (χ0n) is 16.0. The Kier molecular flexibility index (Phi) is 6.54. The van der Waals surface area contributed by atoms with Crippen molar-refractivity contribution in [2.24, 2.45) is 5.92 Å². The largest absolute Gasteiger partial charge is 0.497 e. The Hall–Kier alpha value is -1.59. The molecule has 1 aromatic rings. The summed E-state index contributed by atoms with van der Waals surface area (Å²) in [4.78, 5) is 14.2. The second-order valence-electron chi connectivity index (χ2n) is 7.57. The van der Waals surface area contributed by atoms with Gasteiger partial charge in [0.05, 0.1) is 25.7 Å². The first-order valence-electron chi connectivity index (χ1n) is 9.68. The van der Waals surface area contributed by atoms with E-state index >= 15 is 0 Å². The highest BCUT2D eigenvalue weighted by Gasteiger charge is 2.40. The molecule has 1 spiro atoms. The molecule has 2 heterocycles. The molecule has 0 bridgehead atoms. The van der Waals surface area contributed by atoms with Crippen LogP contribution in [0.1, 0.15) is 37.7 Å². The van der Waals surface area contributed by atoms with E-state index in [0.29, 0.717) is 18.9 Å². The molecular weight excluding hydrogens is 330 g/mol. The Bertz CT molecular complexity index is 578. The first kappa shape index (κ1) is 19.2. The number of piperidine rings is 1. The molecule has 0 saturated carbocycles. The molecule has 0 aliphatic carbocycles. The van der Waals surface area contributed by atoms with Crippen LogP contribution >= 0.6 is 0 Å². The molecule has 1 aromatic carbocycles. The molecule has 3 rings (SSSR count). The first-order chi connectivity index (χ1) is 12.6. The number of hydrogen-bond donors (Lipinski definition) is 0. The van der Waals surface area contributed by atoms with Crippen molar-refractivity contribution in [1.82, 2.24) is 4.90 Å². The van der Waals surface area contributed by atoms with Gasteiger partial charge >= 0.3 is 0 Å². The predicted molar refractivity (Wildman–Crippen MR) is 100 cm³/mol. The number of hydrogen-bond acceptors (Lipinski definition) is 4. The summed E-state index contributed by atoms with van der Waals surface area (Å²) >= 11 is 0. The van der Waals surface area contributed by atoms with Gasteiger partial charge in [-0.3, -0.25) is 4.79 Å². The smallest absolute Gasteiger partial charge is 0.224 e. The third-order valence-corrected chi connectivity index (χ3v) is 5.83. The summed E-state index contributed by atoms with van der Waals surface area (Å²) in [6.45, 7) is 2.94. The molecule has 1 unspecified atom stereocenters. The van der Waals surface area contributed by atoms with Gasteiger partial charge in [-0.15, -0.1) is 0 Å². The summed E-state index contributed by atoms with van der Waals surface area (Å²) in [6, 6.07) is 8.40. The molecule has 5 nitrogen and oxygen atoms in total. The highest BCUT2D eigenvalue weighted by Crippen LogP contribution is 2.39. The Morgan fingerprint density at radius 2 is 1.96 bits per heavy atom. The number of nitrogens with zero attached hydrogens (tertiary/aromatic N) is 1. The number of amides is 1. The molecule has 0 radical (unpaired) electrons. The average molecular weight is 361 g/mol. The number of rotatable bonds is 6. The lowest BCUT2D eigenvalue weighted by Crippen LogP contribution is -2.51. The zero-order chi connectivity index (χ0) is 18.4. The van der Waals surface area contributed by atoms with Crippen LogP contribution in [0.2, 0.25) is 0 Å². The molecule has 0 aromatic heterocycles. The van der Waals surface area contributed by atoms with E-state index in [9.17, 15) is 4.79 Å². The molecule has 1 atom stereocenters. The maximum atomic E-state index is 12.2. The van der Waals surface area contributed by atoms with Crippen molar-refractivity contribution in [3.8, 4) is 5.75 Å². The summed E-state index contributed by atoms with van der Waals surface area (Å²) in [5.41, 5.74) is 1.33. The third-order valence-electron chi connectivity index (χ3n) is 5.83. The van der Waals surface area contributed by atoms with Gasteiger partial charge in [-0.2, -0.15) is 0 Å². The fraction of sp³-hybridized carbons (Fsp3) is 0.667. The Balaban J connectivity index is 1.52. The van der Waals surface area contributed by atoms with Crippen molar-refractivity contribution >= 4 is 5.91 Å². The van der Waals surface area contributed by atoms with Crippen molar-refractivity contribution in [3.05, 3.63) is 29.8 Å². The van der Waals surface area contributed by atoms with Crippen LogP contribution in [0.5, 0.6) is 5.75 Å². The molecule has 0 N–H and O–H groups in total. The molecule has 26 heavy (non-hydrogen) atoms. The first-order valence-corrected chi connectivity index (χ1v) is 9.68. The molecular formula is C21H31NO4. The van der Waals surface area contributed by atoms with E-state index in [1.165, 1.54) is 5.56 Å². The van der Waals surface area contributed by atoms with Gasteiger partial charge in [0.1, 0.15) is 5.75 Å². The van der Waals surface area contributed by atoms with Gasteiger partial charge in [-0.1, -0.05) is 12.1 Å². The maximum absolute atomic E-state index is 12.2. The number of ether oxygens (including phenoxy) is 3. The van der Waals surface area contributed by atoms with Gasteiger partial charge in [0.25, 0.3) is 0 Å². The van der Waals surface area contributed by atoms with E-state index in [1.807, 2.05) is 17.0 Å². The van der Waals surface area contributed by atoms with Crippen molar-refractivity contribution in [3.63, 3.8) is 0 Å². The second kappa shape index (κ2) is 8.87. The summed E-state index contributed by atoms with van der Waals surface area (Å²) in [6.07, 6.45) is 5.68. The summed E-state index contributed by atoms with van der Waals surface area (Å²) < 4.78 is 16.5. The Morgan fingerprint density at radius 3 is 2.62 bits per heavy atom. The van der Waals surface area contributed by atoms with Crippen LogP contribution in [-0.2, 0) is 20.7 Å². The van der Waals surface area contributed by atoms with Crippen LogP contribution in [-0.4, -0.2) is 56.9 Å². The lowest BCUT2D eigenvalue weighted by molar-refractivity contribution is -0.147. The van der Waals surface area contributed by atoms with Crippen molar-refractivity contribution in [2.45, 2.75) is 44.1 Å². The second-order valence-corrected chi connectivity index (χ2v) is 7.57. The minimum Gasteiger partial charge on any atom is -0.497 e. The molecule has 5 heteroatoms. The molecule has 2 fully saturated rings. The molecule has 1 amide bonds. The van der Waals surface area contributed by atoms with Crippen molar-refractivity contribution in [1.29, 1.82) is 0 Å². The van der Waals surface area contributed by atoms with Gasteiger partial charge in [0.2, 0.25) is 5.91 Å². The number of benzene rings is 1. The zero-order valence-corrected chi connectivity index (χ0v) is 16.0. The fourth-order valence-electron chi connectivity index (χ4n) is 4.26. The van der Waals surface area contributed by atoms with Gasteiger partial charge in [0.15, 0.2) is 0 Å². The van der Waals surface area contributed by atoms with Crippen molar-refractivity contribution < 1.29 is 19.0 Å². The van der Waals surface area contributed by atoms with E-state index in [2.05, 4.69) is 12.1 Å². The molecule has 144 valence electrons. The topological polar surface area (TPSA) is 48.0 Å². The minimum absolute atomic E-state index is 0.0343. The Morgan fingerprint density at radius 1 is 1.23 bits per heavy atom. The van der Waals surface area contributed by atoms with Gasteiger partial charge < -0.3 is 19.1 Å². The van der Waals surface area contributed by atoms with Crippen LogP contribution in [0.25, 0.3) is 0 Å². The quantitative estimate of drug-likeness (QED) is 0.781. The molecule has 2 saturated heterocycles. The van der Waals surface area contributed by atoms with Gasteiger partial charge in [-0.05, 0) is 55.7 Å². The normalized spacial score (nSPS) is 22.4. The lowest BCUT2D eigenvalue weighted by Gasteiger charge is -2.46. The fourth-order valence-corrected chi connectivity index (χ4v) is 4.26. The van der Waals surface area contributed by atoms with Crippen LogP contribution in [0.3, 0.4) is 0 Å². The maximum Gasteiger partial charge on any atom is 0.224 e. The van der Waals surface area contributed by atoms with Crippen LogP contribution in [0, 0.1) is 5.92 Å². The van der Waals surface area contributed by atoms with E-state index in [4.69, 9.17) is 14.2 Å². The van der Waals surface area contributed by atoms with E-state index in [-0.39, 0.29) is 11.5 Å². The highest BCUT2D eigenvalue weighted by atomic mass is 16.5. The standard InChI is InChI=1S/C21H31NO4/c1-24-13-8-20(23)22-11-9-21(10-12-22)16-18(7-14-26-21)15-17-3-5-19(25-2)6-4-17/h3-6,18H,7-16H2,1-2H3. The van der Waals surface area contributed by atoms with E-state index in [1.54, 1.807) is 14.2 Å². The summed E-state index contributed by atoms with van der Waals surface area (Å²) in [7, 11) is 3.33. The lowest BCUT2D eigenvalue weighted by atomic mass is 9.77. The molecule has 2 aliphatic heterocycles. The SMILES string of the molecule is COCCC(=O)N1CCC2(CC1)CC(Cc1ccc(OC)cc1)CCO2. The van der Waals surface area contributed by atoms with Crippen LogP contribution in [0.4, 0.5) is 0 Å². The highest BCUT2D eigenvalue weighted by molar-refractivity contribution is 5.76. The van der Waals surface area contributed by atoms with Crippen molar-refractivity contribution in [2.75, 3.05) is 40.5 Å². The average Bonchev–Trinajstić information content (AvgIpc) is 2.67. The number of likely N-dealkylation sites (tertiary alicyclic amines) is 1. The minimum atomic E-state index is -0.0343. The van der Waals surface area contributed by atoms with Crippen LogP contribution < -0.4 is 4.74 Å². The number of carbonyl (C=O) groups is 1. The Labute approximate surface area is 156 Å². The summed E-state index contributed by atoms with van der Waals surface area (Å²) in [5, 5.41) is 0.